The van der Waals surface area contributed by atoms with Gasteiger partial charge in [0, 0.05) is 28.4 Å². The number of aromatic amines is 1. The van der Waals surface area contributed by atoms with Crippen molar-refractivity contribution in [1.29, 1.82) is 0 Å². The van der Waals surface area contributed by atoms with Crippen molar-refractivity contribution in [3.8, 4) is 0 Å². The SMILES string of the molecule is CCCNC(CCO)C(=O)O.c1ccc2c(c1)[nH]c1ccccc12. The summed E-state index contributed by atoms with van der Waals surface area (Å²) >= 11 is 0. The Morgan fingerprint density at radius 3 is 2.08 bits per heavy atom. The number of aliphatic hydroxyl groups is 1. The zero-order valence-electron chi connectivity index (χ0n) is 13.8. The van der Waals surface area contributed by atoms with Crippen molar-refractivity contribution < 1.29 is 15.0 Å². The fourth-order valence-corrected chi connectivity index (χ4v) is 2.56. The molecule has 2 aromatic carbocycles. The molecule has 0 fully saturated rings. The molecule has 1 heterocycles. The van der Waals surface area contributed by atoms with E-state index in [0.717, 1.165) is 6.42 Å². The zero-order valence-corrected chi connectivity index (χ0v) is 13.8. The molecular weight excluding hydrogens is 304 g/mol. The second-order valence-corrected chi connectivity index (χ2v) is 5.57. The van der Waals surface area contributed by atoms with Gasteiger partial charge in [-0.15, -0.1) is 0 Å². The quantitative estimate of drug-likeness (QED) is 0.560. The van der Waals surface area contributed by atoms with Crippen LogP contribution in [0, 0.1) is 0 Å². The number of aromatic nitrogens is 1. The van der Waals surface area contributed by atoms with Crippen LogP contribution in [0.5, 0.6) is 0 Å². The van der Waals surface area contributed by atoms with Gasteiger partial charge in [0.25, 0.3) is 0 Å². The molecule has 0 aliphatic rings. The van der Waals surface area contributed by atoms with Crippen molar-refractivity contribution in [3.05, 3.63) is 48.5 Å². The Kier molecular flexibility index (Phi) is 6.78. The molecule has 1 aromatic heterocycles. The average molecular weight is 328 g/mol. The second-order valence-electron chi connectivity index (χ2n) is 5.57. The van der Waals surface area contributed by atoms with Crippen LogP contribution in [0.2, 0.25) is 0 Å². The number of hydrogen-bond acceptors (Lipinski definition) is 3. The average Bonchev–Trinajstić information content (AvgIpc) is 2.97. The third kappa shape index (κ3) is 4.57. The van der Waals surface area contributed by atoms with E-state index in [1.54, 1.807) is 0 Å². The summed E-state index contributed by atoms with van der Waals surface area (Å²) in [6.45, 7) is 2.55. The van der Waals surface area contributed by atoms with Crippen LogP contribution in [0.3, 0.4) is 0 Å². The molecule has 1 unspecified atom stereocenters. The topological polar surface area (TPSA) is 85.3 Å². The first-order valence-corrected chi connectivity index (χ1v) is 8.19. The normalized spacial score (nSPS) is 11.9. The Balaban J connectivity index is 0.000000178. The van der Waals surface area contributed by atoms with Crippen molar-refractivity contribution in [2.45, 2.75) is 25.8 Å². The number of para-hydroxylation sites is 2. The summed E-state index contributed by atoms with van der Waals surface area (Å²) in [5, 5.41) is 22.5. The minimum absolute atomic E-state index is 0.0896. The molecule has 0 bridgehead atoms. The highest BCUT2D eigenvalue weighted by Gasteiger charge is 2.14. The number of carbonyl (C=O) groups is 1. The lowest BCUT2D eigenvalue weighted by atomic mass is 10.2. The monoisotopic (exact) mass is 328 g/mol. The van der Waals surface area contributed by atoms with Crippen molar-refractivity contribution >= 4 is 27.8 Å². The number of hydrogen-bond donors (Lipinski definition) is 4. The van der Waals surface area contributed by atoms with Crippen molar-refractivity contribution in [2.75, 3.05) is 13.2 Å². The largest absolute Gasteiger partial charge is 0.480 e. The van der Waals surface area contributed by atoms with Crippen LogP contribution < -0.4 is 5.32 Å². The summed E-state index contributed by atoms with van der Waals surface area (Å²) in [6.07, 6.45) is 1.17. The van der Waals surface area contributed by atoms with Crippen LogP contribution in [0.4, 0.5) is 0 Å². The van der Waals surface area contributed by atoms with Gasteiger partial charge in [-0.1, -0.05) is 43.3 Å². The molecule has 0 aliphatic heterocycles. The first-order valence-electron chi connectivity index (χ1n) is 8.19. The Bertz CT molecular complexity index is 732. The van der Waals surface area contributed by atoms with Crippen molar-refractivity contribution in [2.24, 2.45) is 0 Å². The molecule has 0 radical (unpaired) electrons. The van der Waals surface area contributed by atoms with Gasteiger partial charge in [0.2, 0.25) is 0 Å². The minimum Gasteiger partial charge on any atom is -0.480 e. The van der Waals surface area contributed by atoms with Crippen molar-refractivity contribution in [1.82, 2.24) is 10.3 Å². The van der Waals surface area contributed by atoms with Crippen LogP contribution in [-0.2, 0) is 4.79 Å². The summed E-state index contributed by atoms with van der Waals surface area (Å²) in [5.41, 5.74) is 2.42. The summed E-state index contributed by atoms with van der Waals surface area (Å²) in [4.78, 5) is 13.8. The molecule has 0 saturated heterocycles. The molecule has 0 saturated carbocycles. The van der Waals surface area contributed by atoms with E-state index >= 15 is 0 Å². The number of aliphatic hydroxyl groups excluding tert-OH is 1. The van der Waals surface area contributed by atoms with E-state index in [4.69, 9.17) is 10.2 Å². The van der Waals surface area contributed by atoms with Gasteiger partial charge < -0.3 is 20.5 Å². The zero-order chi connectivity index (χ0) is 17.4. The molecular formula is C19H24N2O3. The molecule has 4 N–H and O–H groups in total. The summed E-state index contributed by atoms with van der Waals surface area (Å²) in [6, 6.07) is 16.2. The molecule has 0 spiro atoms. The molecule has 24 heavy (non-hydrogen) atoms. The first kappa shape index (κ1) is 18.0. The summed E-state index contributed by atoms with van der Waals surface area (Å²) < 4.78 is 0. The maximum atomic E-state index is 10.4. The third-order valence-corrected chi connectivity index (χ3v) is 3.77. The van der Waals surface area contributed by atoms with E-state index in [0.29, 0.717) is 6.54 Å². The lowest BCUT2D eigenvalue weighted by Crippen LogP contribution is -2.37. The van der Waals surface area contributed by atoms with E-state index in [1.165, 1.54) is 21.8 Å². The molecule has 5 nitrogen and oxygen atoms in total. The Labute approximate surface area is 141 Å². The van der Waals surface area contributed by atoms with E-state index in [-0.39, 0.29) is 13.0 Å². The number of aliphatic carboxylic acids is 1. The Morgan fingerprint density at radius 1 is 1.08 bits per heavy atom. The van der Waals surface area contributed by atoms with Gasteiger partial charge in [-0.2, -0.15) is 0 Å². The standard InChI is InChI=1S/C12H9N.C7H15NO3/c1-3-7-11-9(5-1)10-6-2-4-8-12(10)13-11;1-2-4-8-6(3-5-9)7(10)11/h1-8,13H;6,8-9H,2-5H2,1H3,(H,10,11). The second kappa shape index (κ2) is 9.05. The predicted molar refractivity (Wildman–Crippen MR) is 97.2 cm³/mol. The lowest BCUT2D eigenvalue weighted by molar-refractivity contribution is -0.139. The fraction of sp³-hybridized carbons (Fsp3) is 0.316. The van der Waals surface area contributed by atoms with Crippen LogP contribution >= 0.6 is 0 Å². The number of carboxylic acid groups (broad SMARTS) is 1. The predicted octanol–water partition coefficient (Wildman–Crippen LogP) is 3.14. The highest BCUT2D eigenvalue weighted by atomic mass is 16.4. The Hall–Kier alpha value is -2.37. The number of fused-ring (bicyclic) bond motifs is 3. The van der Waals surface area contributed by atoms with Crippen LogP contribution in [0.1, 0.15) is 19.8 Å². The third-order valence-electron chi connectivity index (χ3n) is 3.77. The van der Waals surface area contributed by atoms with Crippen LogP contribution in [0.15, 0.2) is 48.5 Å². The highest BCUT2D eigenvalue weighted by Crippen LogP contribution is 2.24. The van der Waals surface area contributed by atoms with E-state index < -0.39 is 12.0 Å². The maximum absolute atomic E-state index is 10.4. The van der Waals surface area contributed by atoms with Gasteiger partial charge in [0.05, 0.1) is 0 Å². The van der Waals surface area contributed by atoms with Gasteiger partial charge in [-0.05, 0) is 31.5 Å². The molecule has 0 aliphatic carbocycles. The van der Waals surface area contributed by atoms with Crippen LogP contribution in [-0.4, -0.2) is 40.4 Å². The molecule has 1 atom stereocenters. The first-order chi connectivity index (χ1) is 11.7. The Morgan fingerprint density at radius 2 is 1.62 bits per heavy atom. The number of carboxylic acids is 1. The minimum atomic E-state index is -0.896. The maximum Gasteiger partial charge on any atom is 0.320 e. The number of H-pyrrole nitrogens is 1. The molecule has 5 heteroatoms. The van der Waals surface area contributed by atoms with Gasteiger partial charge >= 0.3 is 5.97 Å². The van der Waals surface area contributed by atoms with E-state index in [9.17, 15) is 4.79 Å². The van der Waals surface area contributed by atoms with Crippen molar-refractivity contribution in [3.63, 3.8) is 0 Å². The lowest BCUT2D eigenvalue weighted by Gasteiger charge is -2.11. The summed E-state index contributed by atoms with van der Waals surface area (Å²) in [7, 11) is 0. The highest BCUT2D eigenvalue weighted by molar-refractivity contribution is 6.06. The van der Waals surface area contributed by atoms with E-state index in [1.807, 2.05) is 6.92 Å². The van der Waals surface area contributed by atoms with E-state index in [2.05, 4.69) is 58.8 Å². The number of nitrogens with one attached hydrogen (secondary N) is 2. The van der Waals surface area contributed by atoms with Gasteiger partial charge in [0.1, 0.15) is 6.04 Å². The number of rotatable bonds is 6. The molecule has 0 amide bonds. The smallest absolute Gasteiger partial charge is 0.320 e. The molecule has 3 aromatic rings. The summed E-state index contributed by atoms with van der Waals surface area (Å²) in [5.74, 6) is -0.896. The number of benzene rings is 2. The van der Waals surface area contributed by atoms with Gasteiger partial charge in [0.15, 0.2) is 0 Å². The van der Waals surface area contributed by atoms with Gasteiger partial charge in [-0.3, -0.25) is 4.79 Å². The molecule has 3 rings (SSSR count). The molecule has 128 valence electrons. The fourth-order valence-electron chi connectivity index (χ4n) is 2.56. The van der Waals surface area contributed by atoms with Gasteiger partial charge in [-0.25, -0.2) is 0 Å². The van der Waals surface area contributed by atoms with Crippen LogP contribution in [0.25, 0.3) is 21.8 Å².